The van der Waals surface area contributed by atoms with Crippen molar-refractivity contribution in [3.8, 4) is 0 Å². The molecule has 0 amide bonds. The van der Waals surface area contributed by atoms with Gasteiger partial charge < -0.3 is 10.1 Å². The molecule has 0 aliphatic rings. The molecule has 0 bridgehead atoms. The number of hydrogen-bond acceptors (Lipinski definition) is 4. The molecule has 0 saturated heterocycles. The molecule has 17 heavy (non-hydrogen) atoms. The minimum absolute atomic E-state index is 0.0705. The van der Waals surface area contributed by atoms with Crippen LogP contribution < -0.4 is 5.32 Å². The van der Waals surface area contributed by atoms with Gasteiger partial charge in [-0.1, -0.05) is 0 Å². The van der Waals surface area contributed by atoms with Gasteiger partial charge in [-0.05, 0) is 22.9 Å². The molecule has 1 atom stereocenters. The summed E-state index contributed by atoms with van der Waals surface area (Å²) in [4.78, 5) is 7.86. The monoisotopic (exact) mass is 313 g/mol. The van der Waals surface area contributed by atoms with Crippen molar-refractivity contribution in [3.63, 3.8) is 0 Å². The van der Waals surface area contributed by atoms with Crippen molar-refractivity contribution in [2.75, 3.05) is 18.5 Å². The second-order valence-corrected chi connectivity index (χ2v) is 4.32. The summed E-state index contributed by atoms with van der Waals surface area (Å²) in [5.41, 5.74) is 0. The van der Waals surface area contributed by atoms with E-state index in [4.69, 9.17) is 0 Å². The molecule has 0 unspecified atom stereocenters. The van der Waals surface area contributed by atoms with E-state index in [1.807, 2.05) is 0 Å². The van der Waals surface area contributed by atoms with Crippen LogP contribution in [0.3, 0.4) is 0 Å². The first-order valence-electron chi connectivity index (χ1n) is 4.75. The smallest absolute Gasteiger partial charge is 0.370 e. The summed E-state index contributed by atoms with van der Waals surface area (Å²) in [6.07, 6.45) is -1.22. The predicted octanol–water partition coefficient (Wildman–Crippen LogP) is 2.62. The first-order chi connectivity index (χ1) is 7.87. The second-order valence-electron chi connectivity index (χ2n) is 3.40. The number of hydrogen-bond donors (Lipinski definition) is 1. The first-order valence-corrected chi connectivity index (χ1v) is 5.55. The van der Waals surface area contributed by atoms with Crippen LogP contribution in [-0.4, -0.2) is 35.4 Å². The Labute approximate surface area is 105 Å². The van der Waals surface area contributed by atoms with Crippen LogP contribution in [0.15, 0.2) is 16.9 Å². The van der Waals surface area contributed by atoms with Crippen molar-refractivity contribution in [1.29, 1.82) is 0 Å². The van der Waals surface area contributed by atoms with Gasteiger partial charge in [0.1, 0.15) is 6.61 Å². The lowest BCUT2D eigenvalue weighted by Gasteiger charge is -2.14. The number of anilines is 1. The van der Waals surface area contributed by atoms with Gasteiger partial charge >= 0.3 is 6.18 Å². The molecule has 0 spiro atoms. The average molecular weight is 314 g/mol. The maximum Gasteiger partial charge on any atom is 0.411 e. The standard InChI is InChI=1S/C9H11BrF3N3O/c1-6(4-17-5-9(11,12)13)16-8-14-2-7(10)3-15-8/h2-3,6H,4-5H2,1H3,(H,14,15,16)/t6-/m0/s1. The van der Waals surface area contributed by atoms with Gasteiger partial charge in [0, 0.05) is 18.4 Å². The van der Waals surface area contributed by atoms with Crippen LogP contribution >= 0.6 is 15.9 Å². The normalized spacial score (nSPS) is 13.5. The highest BCUT2D eigenvalue weighted by atomic mass is 79.9. The highest BCUT2D eigenvalue weighted by Crippen LogP contribution is 2.14. The fourth-order valence-electron chi connectivity index (χ4n) is 1.00. The molecule has 1 heterocycles. The summed E-state index contributed by atoms with van der Waals surface area (Å²) in [5, 5.41) is 2.82. The van der Waals surface area contributed by atoms with Crippen LogP contribution in [-0.2, 0) is 4.74 Å². The van der Waals surface area contributed by atoms with E-state index in [0.717, 1.165) is 4.47 Å². The minimum Gasteiger partial charge on any atom is -0.370 e. The summed E-state index contributed by atoms with van der Waals surface area (Å²) in [6, 6.07) is -0.307. The molecule has 0 aromatic carbocycles. The maximum atomic E-state index is 11.8. The summed E-state index contributed by atoms with van der Waals surface area (Å²) >= 11 is 3.17. The molecule has 1 rings (SSSR count). The van der Waals surface area contributed by atoms with Crippen LogP contribution in [0.4, 0.5) is 19.1 Å². The highest BCUT2D eigenvalue weighted by molar-refractivity contribution is 9.10. The Morgan fingerprint density at radius 1 is 1.41 bits per heavy atom. The molecule has 4 nitrogen and oxygen atoms in total. The van der Waals surface area contributed by atoms with E-state index < -0.39 is 12.8 Å². The lowest BCUT2D eigenvalue weighted by atomic mass is 10.4. The van der Waals surface area contributed by atoms with Crippen molar-refractivity contribution >= 4 is 21.9 Å². The zero-order chi connectivity index (χ0) is 12.9. The van der Waals surface area contributed by atoms with E-state index in [2.05, 4.69) is 36.0 Å². The Morgan fingerprint density at radius 3 is 2.53 bits per heavy atom. The van der Waals surface area contributed by atoms with Crippen molar-refractivity contribution in [2.45, 2.75) is 19.1 Å². The number of aromatic nitrogens is 2. The Morgan fingerprint density at radius 2 is 2.00 bits per heavy atom. The number of halogens is 4. The van der Waals surface area contributed by atoms with Crippen molar-refractivity contribution in [3.05, 3.63) is 16.9 Å². The number of ether oxygens (including phenoxy) is 1. The average Bonchev–Trinajstić information content (AvgIpc) is 2.19. The van der Waals surface area contributed by atoms with E-state index in [1.54, 1.807) is 19.3 Å². The molecule has 0 aliphatic heterocycles. The van der Waals surface area contributed by atoms with Gasteiger partial charge in [0.2, 0.25) is 5.95 Å². The van der Waals surface area contributed by atoms with Crippen LogP contribution in [0.5, 0.6) is 0 Å². The molecular weight excluding hydrogens is 303 g/mol. The Kier molecular flexibility index (Phi) is 5.13. The van der Waals surface area contributed by atoms with Crippen molar-refractivity contribution in [1.82, 2.24) is 9.97 Å². The van der Waals surface area contributed by atoms with Gasteiger partial charge in [-0.2, -0.15) is 13.2 Å². The molecule has 0 aliphatic carbocycles. The molecule has 0 fully saturated rings. The molecule has 0 radical (unpaired) electrons. The van der Waals surface area contributed by atoms with Crippen molar-refractivity contribution in [2.24, 2.45) is 0 Å². The van der Waals surface area contributed by atoms with E-state index in [9.17, 15) is 13.2 Å². The molecule has 8 heteroatoms. The summed E-state index contributed by atoms with van der Waals surface area (Å²) < 4.78 is 40.6. The topological polar surface area (TPSA) is 47.0 Å². The van der Waals surface area contributed by atoms with Crippen LogP contribution in [0.1, 0.15) is 6.92 Å². The van der Waals surface area contributed by atoms with E-state index in [0.29, 0.717) is 5.95 Å². The van der Waals surface area contributed by atoms with E-state index >= 15 is 0 Å². The number of alkyl halides is 3. The third kappa shape index (κ3) is 6.42. The zero-order valence-corrected chi connectivity index (χ0v) is 10.5. The van der Waals surface area contributed by atoms with Gasteiger partial charge in [-0.25, -0.2) is 9.97 Å². The fourth-order valence-corrected chi connectivity index (χ4v) is 1.21. The lowest BCUT2D eigenvalue weighted by molar-refractivity contribution is -0.174. The largest absolute Gasteiger partial charge is 0.411 e. The van der Waals surface area contributed by atoms with Crippen LogP contribution in [0.25, 0.3) is 0 Å². The predicted molar refractivity (Wildman–Crippen MR) is 59.7 cm³/mol. The molecule has 1 aromatic rings. The van der Waals surface area contributed by atoms with E-state index in [1.165, 1.54) is 0 Å². The lowest BCUT2D eigenvalue weighted by Crippen LogP contribution is -2.26. The summed E-state index contributed by atoms with van der Waals surface area (Å²) in [6.45, 7) is 0.362. The molecule has 1 N–H and O–H groups in total. The Bertz CT molecular complexity index is 344. The molecular formula is C9H11BrF3N3O. The number of nitrogens with one attached hydrogen (secondary N) is 1. The van der Waals surface area contributed by atoms with Crippen LogP contribution in [0, 0.1) is 0 Å². The summed E-state index contributed by atoms with van der Waals surface area (Å²) in [5.74, 6) is 0.344. The second kappa shape index (κ2) is 6.15. The quantitative estimate of drug-likeness (QED) is 0.907. The Balaban J connectivity index is 2.30. The van der Waals surface area contributed by atoms with Gasteiger partial charge in [-0.3, -0.25) is 0 Å². The van der Waals surface area contributed by atoms with Gasteiger partial charge in [0.15, 0.2) is 0 Å². The van der Waals surface area contributed by atoms with Gasteiger partial charge in [0.25, 0.3) is 0 Å². The number of nitrogens with zero attached hydrogens (tertiary/aromatic N) is 2. The SMILES string of the molecule is C[C@@H](COCC(F)(F)F)Nc1ncc(Br)cn1. The third-order valence-corrected chi connectivity index (χ3v) is 2.04. The van der Waals surface area contributed by atoms with Crippen LogP contribution in [0.2, 0.25) is 0 Å². The zero-order valence-electron chi connectivity index (χ0n) is 8.96. The van der Waals surface area contributed by atoms with Crippen molar-refractivity contribution < 1.29 is 17.9 Å². The first kappa shape index (κ1) is 14.2. The number of rotatable bonds is 5. The van der Waals surface area contributed by atoms with Gasteiger partial charge in [0.05, 0.1) is 11.1 Å². The highest BCUT2D eigenvalue weighted by Gasteiger charge is 2.27. The molecule has 0 saturated carbocycles. The maximum absolute atomic E-state index is 11.8. The van der Waals surface area contributed by atoms with Gasteiger partial charge in [-0.15, -0.1) is 0 Å². The minimum atomic E-state index is -4.30. The summed E-state index contributed by atoms with van der Waals surface area (Å²) in [7, 11) is 0. The molecule has 1 aromatic heterocycles. The fraction of sp³-hybridized carbons (Fsp3) is 0.556. The third-order valence-electron chi connectivity index (χ3n) is 1.63. The van der Waals surface area contributed by atoms with E-state index in [-0.39, 0.29) is 12.6 Å². The molecule has 96 valence electrons. The Hall–Kier alpha value is -0.890.